The van der Waals surface area contributed by atoms with Crippen LogP contribution in [0, 0.1) is 22.7 Å². The smallest absolute Gasteiger partial charge is 0.339 e. The van der Waals surface area contributed by atoms with Crippen LogP contribution in [-0.4, -0.2) is 16.2 Å². The second kappa shape index (κ2) is 4.63. The minimum absolute atomic E-state index is 0.123. The van der Waals surface area contributed by atoms with Crippen molar-refractivity contribution in [2.75, 3.05) is 0 Å². The highest BCUT2D eigenvalue weighted by Crippen LogP contribution is 2.20. The lowest BCUT2D eigenvalue weighted by Crippen LogP contribution is -1.96. The number of rotatable bonds is 2. The number of hydrogen-bond acceptors (Lipinski definition) is 4. The molecule has 0 aliphatic rings. The van der Waals surface area contributed by atoms with Crippen molar-refractivity contribution in [3.8, 4) is 17.9 Å². The summed E-state index contributed by atoms with van der Waals surface area (Å²) in [6.45, 7) is 0. The van der Waals surface area contributed by atoms with Crippen LogP contribution in [0.15, 0.2) is 23.8 Å². The predicted molar refractivity (Wildman–Crippen MR) is 54.3 cm³/mol. The zero-order chi connectivity index (χ0) is 12.1. The predicted octanol–water partition coefficient (Wildman–Crippen LogP) is 1.52. The fourth-order valence-corrected chi connectivity index (χ4v) is 1.08. The van der Waals surface area contributed by atoms with E-state index < -0.39 is 11.7 Å². The van der Waals surface area contributed by atoms with Crippen LogP contribution in [0.1, 0.15) is 15.9 Å². The zero-order valence-electron chi connectivity index (χ0n) is 8.01. The van der Waals surface area contributed by atoms with Gasteiger partial charge >= 0.3 is 5.97 Å². The number of allylic oxidation sites excluding steroid dienone is 1. The summed E-state index contributed by atoms with van der Waals surface area (Å²) in [6, 6.07) is 7.10. The number of aromatic carboxylic acids is 1. The standard InChI is InChI=1S/C11H6N2O3/c12-5-8(6-13)3-7-1-2-9(11(15)16)10(14)4-7/h1-4,14H,(H,15,16). The van der Waals surface area contributed by atoms with Gasteiger partial charge in [0, 0.05) is 0 Å². The minimum atomic E-state index is -1.24. The number of aromatic hydroxyl groups is 1. The Bertz CT molecular complexity index is 531. The lowest BCUT2D eigenvalue weighted by Gasteiger charge is -2.00. The molecule has 78 valence electrons. The van der Waals surface area contributed by atoms with Crippen LogP contribution in [0.3, 0.4) is 0 Å². The van der Waals surface area contributed by atoms with Gasteiger partial charge in [-0.2, -0.15) is 10.5 Å². The molecule has 0 atom stereocenters. The third-order valence-corrected chi connectivity index (χ3v) is 1.80. The van der Waals surface area contributed by atoms with Gasteiger partial charge in [0.05, 0.1) is 0 Å². The summed E-state index contributed by atoms with van der Waals surface area (Å²) < 4.78 is 0. The number of nitrogens with zero attached hydrogens (tertiary/aromatic N) is 2. The van der Waals surface area contributed by atoms with Crippen LogP contribution >= 0.6 is 0 Å². The van der Waals surface area contributed by atoms with Gasteiger partial charge in [-0.1, -0.05) is 6.07 Å². The highest BCUT2D eigenvalue weighted by Gasteiger charge is 2.08. The van der Waals surface area contributed by atoms with Crippen molar-refractivity contribution in [2.24, 2.45) is 0 Å². The van der Waals surface area contributed by atoms with E-state index in [0.717, 1.165) is 0 Å². The van der Waals surface area contributed by atoms with Gasteiger partial charge in [0.25, 0.3) is 0 Å². The first-order valence-electron chi connectivity index (χ1n) is 4.16. The number of hydrogen-bond donors (Lipinski definition) is 2. The van der Waals surface area contributed by atoms with Crippen molar-refractivity contribution in [2.45, 2.75) is 0 Å². The number of phenols is 1. The van der Waals surface area contributed by atoms with E-state index in [9.17, 15) is 9.90 Å². The van der Waals surface area contributed by atoms with Crippen molar-refractivity contribution in [3.05, 3.63) is 34.9 Å². The third-order valence-electron chi connectivity index (χ3n) is 1.80. The number of carboxylic acids is 1. The van der Waals surface area contributed by atoms with E-state index in [0.29, 0.717) is 5.56 Å². The first kappa shape index (κ1) is 11.3. The summed E-state index contributed by atoms with van der Waals surface area (Å²) in [5.74, 6) is -1.65. The van der Waals surface area contributed by atoms with Gasteiger partial charge in [0.15, 0.2) is 0 Å². The first-order chi connectivity index (χ1) is 7.58. The molecule has 0 fully saturated rings. The van der Waals surface area contributed by atoms with Crippen molar-refractivity contribution in [1.29, 1.82) is 10.5 Å². The van der Waals surface area contributed by atoms with Crippen LogP contribution in [0.25, 0.3) is 6.08 Å². The molecule has 0 aliphatic heterocycles. The average molecular weight is 214 g/mol. The van der Waals surface area contributed by atoms with Gasteiger partial charge in [0.2, 0.25) is 0 Å². The summed E-state index contributed by atoms with van der Waals surface area (Å²) in [4.78, 5) is 10.6. The Morgan fingerprint density at radius 1 is 1.31 bits per heavy atom. The van der Waals surface area contributed by atoms with Crippen LogP contribution in [0.2, 0.25) is 0 Å². The summed E-state index contributed by atoms with van der Waals surface area (Å²) in [7, 11) is 0. The molecule has 0 amide bonds. The molecule has 0 spiro atoms. The average Bonchev–Trinajstić information content (AvgIpc) is 2.25. The highest BCUT2D eigenvalue weighted by molar-refractivity contribution is 5.91. The fraction of sp³-hybridized carbons (Fsp3) is 0. The van der Waals surface area contributed by atoms with Crippen LogP contribution in [0.5, 0.6) is 5.75 Å². The quantitative estimate of drug-likeness (QED) is 0.726. The van der Waals surface area contributed by atoms with Crippen LogP contribution in [-0.2, 0) is 0 Å². The Morgan fingerprint density at radius 2 is 1.94 bits per heavy atom. The molecule has 0 radical (unpaired) electrons. The summed E-state index contributed by atoms with van der Waals surface area (Å²) >= 11 is 0. The number of nitriles is 2. The second-order valence-electron chi connectivity index (χ2n) is 2.86. The van der Waals surface area contributed by atoms with Crippen molar-refractivity contribution in [1.82, 2.24) is 0 Å². The maximum atomic E-state index is 10.6. The summed E-state index contributed by atoms with van der Waals surface area (Å²) in [5, 5.41) is 35.0. The fourth-order valence-electron chi connectivity index (χ4n) is 1.08. The van der Waals surface area contributed by atoms with E-state index in [2.05, 4.69) is 0 Å². The molecule has 0 saturated carbocycles. The Kier molecular flexibility index (Phi) is 3.26. The van der Waals surface area contributed by atoms with Crippen LogP contribution < -0.4 is 0 Å². The number of carboxylic acid groups (broad SMARTS) is 1. The van der Waals surface area contributed by atoms with Crippen molar-refractivity contribution >= 4 is 12.0 Å². The van der Waals surface area contributed by atoms with E-state index in [1.54, 1.807) is 12.1 Å². The molecular weight excluding hydrogens is 208 g/mol. The van der Waals surface area contributed by atoms with Crippen LogP contribution in [0.4, 0.5) is 0 Å². The monoisotopic (exact) mass is 214 g/mol. The molecule has 16 heavy (non-hydrogen) atoms. The Labute approximate surface area is 91.1 Å². The van der Waals surface area contributed by atoms with Crippen molar-refractivity contribution < 1.29 is 15.0 Å². The molecule has 2 N–H and O–H groups in total. The molecule has 1 aromatic rings. The Hall–Kier alpha value is -2.79. The molecule has 0 aromatic heterocycles. The highest BCUT2D eigenvalue weighted by atomic mass is 16.4. The van der Waals surface area contributed by atoms with Gasteiger partial charge in [-0.25, -0.2) is 4.79 Å². The second-order valence-corrected chi connectivity index (χ2v) is 2.86. The van der Waals surface area contributed by atoms with Gasteiger partial charge < -0.3 is 10.2 Å². The van der Waals surface area contributed by atoms with Gasteiger partial charge in [-0.05, 0) is 23.8 Å². The normalized spacial score (nSPS) is 8.62. The minimum Gasteiger partial charge on any atom is -0.507 e. The van der Waals surface area contributed by atoms with E-state index >= 15 is 0 Å². The first-order valence-corrected chi connectivity index (χ1v) is 4.16. The number of benzene rings is 1. The van der Waals surface area contributed by atoms with E-state index in [4.69, 9.17) is 15.6 Å². The van der Waals surface area contributed by atoms with Gasteiger partial charge in [-0.3, -0.25) is 0 Å². The maximum absolute atomic E-state index is 10.6. The SMILES string of the molecule is N#CC(C#N)=Cc1ccc(C(=O)O)c(O)c1. The Balaban J connectivity index is 3.19. The molecule has 0 aliphatic carbocycles. The molecule has 0 bridgehead atoms. The molecule has 0 unspecified atom stereocenters. The van der Waals surface area contributed by atoms with Gasteiger partial charge in [0.1, 0.15) is 29.0 Å². The zero-order valence-corrected chi connectivity index (χ0v) is 8.01. The van der Waals surface area contributed by atoms with E-state index in [-0.39, 0.29) is 11.1 Å². The number of carbonyl (C=O) groups is 1. The lowest BCUT2D eigenvalue weighted by atomic mass is 10.1. The maximum Gasteiger partial charge on any atom is 0.339 e. The molecule has 0 heterocycles. The van der Waals surface area contributed by atoms with Crippen molar-refractivity contribution in [3.63, 3.8) is 0 Å². The largest absolute Gasteiger partial charge is 0.507 e. The molecule has 1 rings (SSSR count). The molecule has 0 saturated heterocycles. The lowest BCUT2D eigenvalue weighted by molar-refractivity contribution is 0.0694. The van der Waals surface area contributed by atoms with E-state index in [1.165, 1.54) is 24.3 Å². The topological polar surface area (TPSA) is 105 Å². The van der Waals surface area contributed by atoms with Gasteiger partial charge in [-0.15, -0.1) is 0 Å². The molecule has 5 heteroatoms. The molecule has 5 nitrogen and oxygen atoms in total. The molecular formula is C11H6N2O3. The van der Waals surface area contributed by atoms with E-state index in [1.807, 2.05) is 0 Å². The Morgan fingerprint density at radius 3 is 2.38 bits per heavy atom. The third kappa shape index (κ3) is 2.37. The summed E-state index contributed by atoms with van der Waals surface area (Å²) in [5.41, 5.74) is 0.0377. The molecule has 1 aromatic carbocycles. The summed E-state index contributed by atoms with van der Waals surface area (Å²) in [6.07, 6.45) is 1.26.